The molecule has 3 aromatic rings. The predicted molar refractivity (Wildman–Crippen MR) is 109 cm³/mol. The van der Waals surface area contributed by atoms with Gasteiger partial charge in [0.2, 0.25) is 0 Å². The van der Waals surface area contributed by atoms with Gasteiger partial charge in [-0.3, -0.25) is 14.6 Å². The third-order valence-electron chi connectivity index (χ3n) is 4.48. The molecule has 0 aliphatic rings. The van der Waals surface area contributed by atoms with Crippen molar-refractivity contribution in [3.05, 3.63) is 71.9 Å². The molecule has 3 rings (SSSR count). The number of aromatic nitrogens is 1. The average Bonchev–Trinajstić information content (AvgIpc) is 2.68. The summed E-state index contributed by atoms with van der Waals surface area (Å²) in [6.07, 6.45) is 3.44. The molecular weight excluding hydrogens is 352 g/mol. The largest absolute Gasteiger partial charge is 0.320 e. The molecule has 0 saturated heterocycles. The van der Waals surface area contributed by atoms with Crippen molar-refractivity contribution in [1.82, 2.24) is 4.98 Å². The van der Waals surface area contributed by atoms with E-state index in [1.165, 1.54) is 6.92 Å². The second-order valence-corrected chi connectivity index (χ2v) is 6.80. The smallest absolute Gasteiger partial charge is 0.255 e. The van der Waals surface area contributed by atoms with E-state index in [1.54, 1.807) is 30.5 Å². The second kappa shape index (κ2) is 9.04. The van der Waals surface area contributed by atoms with Crippen molar-refractivity contribution < 1.29 is 14.4 Å². The standard InChI is InChI=1S/C23H22N2O3/c1-16(26)5-2-8-20(27)15-17-10-12-19(13-11-17)23(28)25-21-9-3-6-18-7-4-14-24-22(18)21/h3-4,6-7,9-14H,2,5,8,15H2,1H3,(H,25,28). The topological polar surface area (TPSA) is 76.1 Å². The number of pyridine rings is 1. The van der Waals surface area contributed by atoms with E-state index in [0.29, 0.717) is 36.9 Å². The number of hydrogen-bond acceptors (Lipinski definition) is 4. The fourth-order valence-electron chi connectivity index (χ4n) is 3.02. The highest BCUT2D eigenvalue weighted by Crippen LogP contribution is 2.21. The first-order valence-corrected chi connectivity index (χ1v) is 9.28. The van der Waals surface area contributed by atoms with Gasteiger partial charge < -0.3 is 10.1 Å². The van der Waals surface area contributed by atoms with E-state index in [4.69, 9.17) is 0 Å². The highest BCUT2D eigenvalue weighted by atomic mass is 16.1. The van der Waals surface area contributed by atoms with Gasteiger partial charge in [-0.05, 0) is 43.2 Å². The third-order valence-corrected chi connectivity index (χ3v) is 4.48. The van der Waals surface area contributed by atoms with Gasteiger partial charge in [-0.15, -0.1) is 0 Å². The van der Waals surface area contributed by atoms with Crippen LogP contribution in [0.5, 0.6) is 0 Å². The molecule has 0 radical (unpaired) electrons. The van der Waals surface area contributed by atoms with E-state index in [0.717, 1.165) is 16.5 Å². The van der Waals surface area contributed by atoms with Crippen molar-refractivity contribution in [3.63, 3.8) is 0 Å². The number of ketones is 2. The number of hydrogen-bond donors (Lipinski definition) is 1. The summed E-state index contributed by atoms with van der Waals surface area (Å²) in [5.74, 6) is -0.0256. The Morgan fingerprint density at radius 3 is 2.43 bits per heavy atom. The van der Waals surface area contributed by atoms with Gasteiger partial charge in [0.1, 0.15) is 11.6 Å². The highest BCUT2D eigenvalue weighted by Gasteiger charge is 2.10. The molecule has 0 fully saturated rings. The highest BCUT2D eigenvalue weighted by molar-refractivity contribution is 6.08. The number of para-hydroxylation sites is 1. The molecule has 1 aromatic heterocycles. The Balaban J connectivity index is 1.62. The van der Waals surface area contributed by atoms with Crippen LogP contribution in [0.3, 0.4) is 0 Å². The average molecular weight is 374 g/mol. The van der Waals surface area contributed by atoms with Crippen molar-refractivity contribution in [1.29, 1.82) is 0 Å². The summed E-state index contributed by atoms with van der Waals surface area (Å²) in [6.45, 7) is 1.53. The zero-order valence-electron chi connectivity index (χ0n) is 15.8. The first kappa shape index (κ1) is 19.4. The van der Waals surface area contributed by atoms with Crippen LogP contribution in [0, 0.1) is 0 Å². The van der Waals surface area contributed by atoms with Gasteiger partial charge >= 0.3 is 0 Å². The molecule has 1 N–H and O–H groups in total. The second-order valence-electron chi connectivity index (χ2n) is 6.80. The van der Waals surface area contributed by atoms with Crippen molar-refractivity contribution in [2.24, 2.45) is 0 Å². The fourth-order valence-corrected chi connectivity index (χ4v) is 3.02. The van der Waals surface area contributed by atoms with Crippen LogP contribution in [0.25, 0.3) is 10.9 Å². The van der Waals surface area contributed by atoms with Crippen LogP contribution < -0.4 is 5.32 Å². The molecule has 0 bridgehead atoms. The summed E-state index contributed by atoms with van der Waals surface area (Å²) in [5.41, 5.74) is 2.77. The van der Waals surface area contributed by atoms with E-state index in [2.05, 4.69) is 10.3 Å². The van der Waals surface area contributed by atoms with E-state index >= 15 is 0 Å². The molecule has 0 aliphatic carbocycles. The summed E-state index contributed by atoms with van der Waals surface area (Å²) in [5, 5.41) is 3.86. The van der Waals surface area contributed by atoms with Crippen LogP contribution in [0.1, 0.15) is 42.1 Å². The minimum Gasteiger partial charge on any atom is -0.320 e. The Morgan fingerprint density at radius 2 is 1.68 bits per heavy atom. The predicted octanol–water partition coefficient (Wildman–Crippen LogP) is 4.36. The molecule has 142 valence electrons. The molecule has 2 aromatic carbocycles. The third kappa shape index (κ3) is 5.10. The Kier molecular flexibility index (Phi) is 6.27. The molecule has 28 heavy (non-hydrogen) atoms. The summed E-state index contributed by atoms with van der Waals surface area (Å²) in [6, 6.07) is 16.5. The molecule has 1 heterocycles. The Labute approximate surface area is 163 Å². The van der Waals surface area contributed by atoms with Gasteiger partial charge in [-0.25, -0.2) is 0 Å². The number of carbonyl (C=O) groups is 3. The zero-order valence-corrected chi connectivity index (χ0v) is 15.8. The molecule has 0 aliphatic heterocycles. The Morgan fingerprint density at radius 1 is 0.929 bits per heavy atom. The fraction of sp³-hybridized carbons (Fsp3) is 0.217. The lowest BCUT2D eigenvalue weighted by molar-refractivity contribution is -0.119. The summed E-state index contributed by atoms with van der Waals surface area (Å²) in [4.78, 5) is 39.8. The number of benzene rings is 2. The lowest BCUT2D eigenvalue weighted by Gasteiger charge is -2.08. The first-order valence-electron chi connectivity index (χ1n) is 9.28. The number of carbonyl (C=O) groups excluding carboxylic acids is 3. The molecule has 0 spiro atoms. The van der Waals surface area contributed by atoms with E-state index < -0.39 is 0 Å². The number of fused-ring (bicyclic) bond motifs is 1. The van der Waals surface area contributed by atoms with Crippen LogP contribution in [0.4, 0.5) is 5.69 Å². The minimum atomic E-state index is -0.225. The van der Waals surface area contributed by atoms with Gasteiger partial charge in [-0.2, -0.15) is 0 Å². The van der Waals surface area contributed by atoms with Crippen molar-refractivity contribution in [2.45, 2.75) is 32.6 Å². The van der Waals surface area contributed by atoms with Crippen LogP contribution in [0.2, 0.25) is 0 Å². The van der Waals surface area contributed by atoms with Gasteiger partial charge in [0.05, 0.1) is 11.2 Å². The maximum Gasteiger partial charge on any atom is 0.255 e. The minimum absolute atomic E-state index is 0.0975. The quantitative estimate of drug-likeness (QED) is 0.636. The molecule has 0 saturated carbocycles. The van der Waals surface area contributed by atoms with Gasteiger partial charge in [-0.1, -0.05) is 30.3 Å². The van der Waals surface area contributed by atoms with Crippen molar-refractivity contribution >= 4 is 34.1 Å². The molecule has 5 heteroatoms. The molecular formula is C23H22N2O3. The van der Waals surface area contributed by atoms with E-state index in [9.17, 15) is 14.4 Å². The molecule has 0 unspecified atom stereocenters. The molecule has 0 atom stereocenters. The number of nitrogens with one attached hydrogen (secondary N) is 1. The van der Waals surface area contributed by atoms with Crippen molar-refractivity contribution in [2.75, 3.05) is 5.32 Å². The summed E-state index contributed by atoms with van der Waals surface area (Å²) in [7, 11) is 0. The van der Waals surface area contributed by atoms with E-state index in [1.807, 2.05) is 30.3 Å². The van der Waals surface area contributed by atoms with Crippen molar-refractivity contribution in [3.8, 4) is 0 Å². The van der Waals surface area contributed by atoms with Gasteiger partial charge in [0, 0.05) is 36.4 Å². The SMILES string of the molecule is CC(=O)CCCC(=O)Cc1ccc(C(=O)Nc2cccc3cccnc23)cc1. The number of rotatable bonds is 8. The number of Topliss-reactive ketones (excluding diaryl/α,β-unsaturated/α-hetero) is 2. The number of amides is 1. The van der Waals surface area contributed by atoms with Crippen LogP contribution in [0.15, 0.2) is 60.8 Å². The monoisotopic (exact) mass is 374 g/mol. The zero-order chi connectivity index (χ0) is 19.9. The molecule has 5 nitrogen and oxygen atoms in total. The summed E-state index contributed by atoms with van der Waals surface area (Å²) < 4.78 is 0. The Hall–Kier alpha value is -3.34. The lowest BCUT2D eigenvalue weighted by Crippen LogP contribution is -2.12. The maximum absolute atomic E-state index is 12.6. The van der Waals surface area contributed by atoms with Gasteiger partial charge in [0.25, 0.3) is 5.91 Å². The normalized spacial score (nSPS) is 10.6. The molecule has 1 amide bonds. The summed E-state index contributed by atoms with van der Waals surface area (Å²) >= 11 is 0. The number of nitrogens with zero attached hydrogens (tertiary/aromatic N) is 1. The lowest BCUT2D eigenvalue weighted by atomic mass is 10.0. The number of anilines is 1. The Bertz CT molecular complexity index is 1000. The van der Waals surface area contributed by atoms with E-state index in [-0.39, 0.29) is 17.5 Å². The first-order chi connectivity index (χ1) is 13.5. The maximum atomic E-state index is 12.6. The van der Waals surface area contributed by atoms with Gasteiger partial charge in [0.15, 0.2) is 0 Å². The van der Waals surface area contributed by atoms with Crippen LogP contribution >= 0.6 is 0 Å². The van der Waals surface area contributed by atoms with Crippen LogP contribution in [-0.2, 0) is 16.0 Å². The van der Waals surface area contributed by atoms with Crippen LogP contribution in [-0.4, -0.2) is 22.5 Å².